The Bertz CT molecular complexity index is 466. The van der Waals surface area contributed by atoms with Gasteiger partial charge in [-0.3, -0.25) is 4.79 Å². The Morgan fingerprint density at radius 1 is 1.42 bits per heavy atom. The van der Waals surface area contributed by atoms with Crippen molar-refractivity contribution in [2.45, 2.75) is 39.2 Å². The molecule has 4 nitrogen and oxygen atoms in total. The lowest BCUT2D eigenvalue weighted by Crippen LogP contribution is -2.30. The number of nitrogen functional groups attached to an aromatic ring is 1. The van der Waals surface area contributed by atoms with Crippen molar-refractivity contribution in [3.05, 3.63) is 23.8 Å². The fourth-order valence-corrected chi connectivity index (χ4v) is 2.28. The topological polar surface area (TPSA) is 72.3 Å². The Kier molecular flexibility index (Phi) is 3.98. The third kappa shape index (κ3) is 3.40. The summed E-state index contributed by atoms with van der Waals surface area (Å²) in [6.07, 6.45) is 3.50. The van der Waals surface area contributed by atoms with Crippen LogP contribution < -0.4 is 16.4 Å². The van der Waals surface area contributed by atoms with E-state index < -0.39 is 5.91 Å². The molecule has 1 aromatic carbocycles. The number of nitrogens with zero attached hydrogens (tertiary/aromatic N) is 1. The molecule has 0 radical (unpaired) electrons. The zero-order valence-electron chi connectivity index (χ0n) is 11.7. The van der Waals surface area contributed by atoms with Crippen LogP contribution in [0, 0.1) is 5.92 Å². The van der Waals surface area contributed by atoms with Gasteiger partial charge in [-0.25, -0.2) is 0 Å². The molecule has 0 bridgehead atoms. The van der Waals surface area contributed by atoms with Crippen LogP contribution in [-0.2, 0) is 0 Å². The largest absolute Gasteiger partial charge is 0.399 e. The fourth-order valence-electron chi connectivity index (χ4n) is 2.28. The molecule has 1 saturated carbocycles. The van der Waals surface area contributed by atoms with Crippen molar-refractivity contribution in [3.63, 3.8) is 0 Å². The van der Waals surface area contributed by atoms with Gasteiger partial charge in [-0.05, 0) is 43.4 Å². The van der Waals surface area contributed by atoms with E-state index in [-0.39, 0.29) is 0 Å². The molecule has 1 aliphatic carbocycles. The Labute approximate surface area is 114 Å². The van der Waals surface area contributed by atoms with E-state index in [1.54, 1.807) is 6.07 Å². The van der Waals surface area contributed by atoms with Crippen molar-refractivity contribution in [1.29, 1.82) is 0 Å². The molecule has 0 spiro atoms. The fraction of sp³-hybridized carbons (Fsp3) is 0.533. The number of benzene rings is 1. The van der Waals surface area contributed by atoms with Crippen LogP contribution in [0.4, 0.5) is 11.4 Å². The highest BCUT2D eigenvalue weighted by atomic mass is 16.1. The molecule has 1 fully saturated rings. The van der Waals surface area contributed by atoms with Gasteiger partial charge in [0.1, 0.15) is 0 Å². The second-order valence-electron chi connectivity index (χ2n) is 5.75. The number of nitrogens with two attached hydrogens (primary N) is 2. The van der Waals surface area contributed by atoms with E-state index in [0.717, 1.165) is 18.7 Å². The molecule has 1 amide bonds. The minimum Gasteiger partial charge on any atom is -0.399 e. The number of primary amides is 1. The standard InChI is InChI=1S/C15H23N3O/c1-10(2)7-8-18(12-4-5-12)14-6-3-11(16)9-13(14)15(17)19/h3,6,9-10,12H,4-5,7-8,16H2,1-2H3,(H2,17,19). The molecular weight excluding hydrogens is 238 g/mol. The maximum absolute atomic E-state index is 11.6. The maximum atomic E-state index is 11.6. The van der Waals surface area contributed by atoms with Crippen LogP contribution in [0.2, 0.25) is 0 Å². The molecular formula is C15H23N3O. The SMILES string of the molecule is CC(C)CCN(c1ccc(N)cc1C(N)=O)C1CC1. The number of amides is 1. The zero-order valence-corrected chi connectivity index (χ0v) is 11.7. The Morgan fingerprint density at radius 3 is 2.63 bits per heavy atom. The summed E-state index contributed by atoms with van der Waals surface area (Å²) in [5.74, 6) is 0.240. The molecule has 2 rings (SSSR count). The first kappa shape index (κ1) is 13.7. The predicted molar refractivity (Wildman–Crippen MR) is 79.2 cm³/mol. The summed E-state index contributed by atoms with van der Waals surface area (Å²) in [7, 11) is 0. The molecule has 1 aromatic rings. The molecule has 4 N–H and O–H groups in total. The highest BCUT2D eigenvalue weighted by molar-refractivity contribution is 5.99. The summed E-state index contributed by atoms with van der Waals surface area (Å²) < 4.78 is 0. The summed E-state index contributed by atoms with van der Waals surface area (Å²) in [6, 6.07) is 6.00. The third-order valence-electron chi connectivity index (χ3n) is 3.53. The van der Waals surface area contributed by atoms with Gasteiger partial charge in [0.05, 0.1) is 5.56 Å². The van der Waals surface area contributed by atoms with Crippen molar-refractivity contribution >= 4 is 17.3 Å². The van der Waals surface area contributed by atoms with Gasteiger partial charge in [0, 0.05) is 24.0 Å². The first-order chi connectivity index (χ1) is 8.99. The second kappa shape index (κ2) is 5.51. The van der Waals surface area contributed by atoms with E-state index in [1.807, 2.05) is 12.1 Å². The van der Waals surface area contributed by atoms with Crippen LogP contribution in [0.3, 0.4) is 0 Å². The van der Waals surface area contributed by atoms with E-state index in [2.05, 4.69) is 18.7 Å². The average Bonchev–Trinajstić information content (AvgIpc) is 3.14. The first-order valence-corrected chi connectivity index (χ1v) is 6.95. The van der Waals surface area contributed by atoms with Crippen molar-refractivity contribution in [2.24, 2.45) is 11.7 Å². The number of rotatable bonds is 6. The molecule has 104 valence electrons. The van der Waals surface area contributed by atoms with Crippen LogP contribution in [0.15, 0.2) is 18.2 Å². The maximum Gasteiger partial charge on any atom is 0.250 e. The Hall–Kier alpha value is -1.71. The number of carbonyl (C=O) groups is 1. The van der Waals surface area contributed by atoms with Crippen molar-refractivity contribution in [1.82, 2.24) is 0 Å². The molecule has 4 heteroatoms. The van der Waals surface area contributed by atoms with Gasteiger partial charge in [-0.1, -0.05) is 13.8 Å². The molecule has 0 heterocycles. The summed E-state index contributed by atoms with van der Waals surface area (Å²) in [6.45, 7) is 5.39. The summed E-state index contributed by atoms with van der Waals surface area (Å²) >= 11 is 0. The minimum atomic E-state index is -0.405. The Balaban J connectivity index is 2.28. The summed E-state index contributed by atoms with van der Waals surface area (Å²) in [5.41, 5.74) is 13.3. The normalized spacial score (nSPS) is 14.7. The molecule has 0 aliphatic heterocycles. The number of hydrogen-bond donors (Lipinski definition) is 2. The molecule has 0 saturated heterocycles. The van der Waals surface area contributed by atoms with Crippen molar-refractivity contribution in [3.8, 4) is 0 Å². The Morgan fingerprint density at radius 2 is 2.11 bits per heavy atom. The summed E-state index contributed by atoms with van der Waals surface area (Å²) in [4.78, 5) is 13.9. The number of carbonyl (C=O) groups excluding carboxylic acids is 1. The highest BCUT2D eigenvalue weighted by Gasteiger charge is 2.31. The van der Waals surface area contributed by atoms with Gasteiger partial charge < -0.3 is 16.4 Å². The summed E-state index contributed by atoms with van der Waals surface area (Å²) in [5, 5.41) is 0. The lowest BCUT2D eigenvalue weighted by atomic mass is 10.1. The smallest absolute Gasteiger partial charge is 0.250 e. The monoisotopic (exact) mass is 261 g/mol. The van der Waals surface area contributed by atoms with Crippen LogP contribution in [0.5, 0.6) is 0 Å². The van der Waals surface area contributed by atoms with E-state index >= 15 is 0 Å². The van der Waals surface area contributed by atoms with Crippen LogP contribution in [0.25, 0.3) is 0 Å². The molecule has 0 aromatic heterocycles. The van der Waals surface area contributed by atoms with E-state index in [1.165, 1.54) is 12.8 Å². The van der Waals surface area contributed by atoms with Gasteiger partial charge in [0.2, 0.25) is 0 Å². The van der Waals surface area contributed by atoms with Gasteiger partial charge >= 0.3 is 0 Å². The lowest BCUT2D eigenvalue weighted by Gasteiger charge is -2.27. The van der Waals surface area contributed by atoms with Gasteiger partial charge in [0.25, 0.3) is 5.91 Å². The van der Waals surface area contributed by atoms with Crippen LogP contribution >= 0.6 is 0 Å². The predicted octanol–water partition coefficient (Wildman–Crippen LogP) is 2.38. The first-order valence-electron chi connectivity index (χ1n) is 6.95. The van der Waals surface area contributed by atoms with Crippen molar-refractivity contribution in [2.75, 3.05) is 17.2 Å². The average molecular weight is 261 g/mol. The molecule has 1 aliphatic rings. The molecule has 19 heavy (non-hydrogen) atoms. The third-order valence-corrected chi connectivity index (χ3v) is 3.53. The van der Waals surface area contributed by atoms with Crippen LogP contribution in [0.1, 0.15) is 43.5 Å². The highest BCUT2D eigenvalue weighted by Crippen LogP contribution is 2.34. The van der Waals surface area contributed by atoms with E-state index in [9.17, 15) is 4.79 Å². The van der Waals surface area contributed by atoms with E-state index in [4.69, 9.17) is 11.5 Å². The number of anilines is 2. The molecule has 0 atom stereocenters. The minimum absolute atomic E-state index is 0.405. The lowest BCUT2D eigenvalue weighted by molar-refractivity contribution is 0.100. The second-order valence-corrected chi connectivity index (χ2v) is 5.75. The van der Waals surface area contributed by atoms with Gasteiger partial charge in [-0.15, -0.1) is 0 Å². The van der Waals surface area contributed by atoms with Crippen LogP contribution in [-0.4, -0.2) is 18.5 Å². The van der Waals surface area contributed by atoms with Gasteiger partial charge in [0.15, 0.2) is 0 Å². The quantitative estimate of drug-likeness (QED) is 0.772. The van der Waals surface area contributed by atoms with Gasteiger partial charge in [-0.2, -0.15) is 0 Å². The zero-order chi connectivity index (χ0) is 14.0. The van der Waals surface area contributed by atoms with E-state index in [0.29, 0.717) is 23.2 Å². The number of hydrogen-bond acceptors (Lipinski definition) is 3. The molecule has 0 unspecified atom stereocenters. The van der Waals surface area contributed by atoms with Crippen molar-refractivity contribution < 1.29 is 4.79 Å².